The third-order valence-corrected chi connectivity index (χ3v) is 2.57. The van der Waals surface area contributed by atoms with Gasteiger partial charge in [0.25, 0.3) is 0 Å². The number of carbonyl (C=O) groups is 1. The van der Waals surface area contributed by atoms with Crippen LogP contribution in [0.3, 0.4) is 0 Å². The molecule has 94 valence electrons. The zero-order valence-electron chi connectivity index (χ0n) is 10.1. The number of anilines is 1. The first-order chi connectivity index (χ1) is 8.58. The minimum atomic E-state index is -0.442. The number of aryl methyl sites for hydroxylation is 2. The first kappa shape index (κ1) is 12.1. The molecule has 0 saturated heterocycles. The molecule has 6 nitrogen and oxygen atoms in total. The van der Waals surface area contributed by atoms with Crippen LogP contribution in [0, 0.1) is 13.8 Å². The van der Waals surface area contributed by atoms with Crippen molar-refractivity contribution in [1.29, 1.82) is 0 Å². The molecule has 0 fully saturated rings. The van der Waals surface area contributed by atoms with Crippen LogP contribution in [0.2, 0.25) is 0 Å². The number of benzene rings is 1. The van der Waals surface area contributed by atoms with Gasteiger partial charge in [-0.05, 0) is 31.5 Å². The number of carbonyl (C=O) groups excluding carboxylic acids is 1. The number of nitrogens with zero attached hydrogens (tertiary/aromatic N) is 2. The fourth-order valence-corrected chi connectivity index (χ4v) is 1.45. The summed E-state index contributed by atoms with van der Waals surface area (Å²) in [5.74, 6) is -0.442. The van der Waals surface area contributed by atoms with E-state index in [0.29, 0.717) is 22.6 Å². The molecule has 0 aliphatic heterocycles. The minimum absolute atomic E-state index is 0.0302. The molecular formula is C12H13N3O3. The monoisotopic (exact) mass is 247 g/mol. The van der Waals surface area contributed by atoms with Crippen molar-refractivity contribution >= 4 is 11.7 Å². The molecule has 18 heavy (non-hydrogen) atoms. The molecular weight excluding hydrogens is 234 g/mol. The van der Waals surface area contributed by atoms with E-state index < -0.39 is 5.97 Å². The zero-order chi connectivity index (χ0) is 13.1. The molecule has 2 rings (SSSR count). The van der Waals surface area contributed by atoms with Gasteiger partial charge in [-0.25, -0.2) is 9.42 Å². The highest BCUT2D eigenvalue weighted by molar-refractivity contribution is 5.92. The molecule has 0 radical (unpaired) electrons. The summed E-state index contributed by atoms with van der Waals surface area (Å²) in [6.07, 6.45) is 0. The van der Waals surface area contributed by atoms with Crippen molar-refractivity contribution < 1.29 is 14.2 Å². The molecule has 0 aliphatic carbocycles. The standard InChI is InChI=1S/C12H13N3O3/c1-7-3-4-9(13)5-10(7)12(16)17-6-11-8(2)14-18-15-11/h3-5H,6,13H2,1-2H3. The average molecular weight is 247 g/mol. The molecule has 0 saturated carbocycles. The predicted molar refractivity (Wildman–Crippen MR) is 63.7 cm³/mol. The van der Waals surface area contributed by atoms with Crippen LogP contribution >= 0.6 is 0 Å². The van der Waals surface area contributed by atoms with Gasteiger partial charge in [0.05, 0.1) is 5.56 Å². The maximum absolute atomic E-state index is 11.9. The normalized spacial score (nSPS) is 10.3. The molecule has 2 N–H and O–H groups in total. The summed E-state index contributed by atoms with van der Waals surface area (Å²) in [4.78, 5) is 11.9. The number of nitrogens with two attached hydrogens (primary N) is 1. The summed E-state index contributed by atoms with van der Waals surface area (Å²) in [5, 5.41) is 7.23. The molecule has 0 bridgehead atoms. The Morgan fingerprint density at radius 3 is 2.83 bits per heavy atom. The van der Waals surface area contributed by atoms with Crippen LogP contribution in [0.5, 0.6) is 0 Å². The average Bonchev–Trinajstić information content (AvgIpc) is 2.75. The highest BCUT2D eigenvalue weighted by Gasteiger charge is 2.13. The minimum Gasteiger partial charge on any atom is -0.455 e. The number of rotatable bonds is 3. The van der Waals surface area contributed by atoms with Crippen molar-refractivity contribution in [2.24, 2.45) is 0 Å². The van der Waals surface area contributed by atoms with Crippen molar-refractivity contribution in [1.82, 2.24) is 10.3 Å². The summed E-state index contributed by atoms with van der Waals surface area (Å²) >= 11 is 0. The quantitative estimate of drug-likeness (QED) is 0.654. The molecule has 0 atom stereocenters. The second kappa shape index (κ2) is 4.87. The SMILES string of the molecule is Cc1ccc(N)cc1C(=O)OCc1nonc1C. The molecule has 0 amide bonds. The van der Waals surface area contributed by atoms with Gasteiger partial charge in [0.1, 0.15) is 18.0 Å². The predicted octanol–water partition coefficient (Wildman–Crippen LogP) is 1.63. The van der Waals surface area contributed by atoms with E-state index in [9.17, 15) is 4.79 Å². The second-order valence-electron chi connectivity index (χ2n) is 3.95. The van der Waals surface area contributed by atoms with Gasteiger partial charge in [0, 0.05) is 5.69 Å². The third kappa shape index (κ3) is 2.48. The van der Waals surface area contributed by atoms with Crippen molar-refractivity contribution in [3.63, 3.8) is 0 Å². The highest BCUT2D eigenvalue weighted by Crippen LogP contribution is 2.14. The first-order valence-electron chi connectivity index (χ1n) is 5.39. The maximum atomic E-state index is 11.9. The van der Waals surface area contributed by atoms with Gasteiger partial charge >= 0.3 is 5.97 Å². The van der Waals surface area contributed by atoms with E-state index >= 15 is 0 Å². The van der Waals surface area contributed by atoms with Crippen LogP contribution in [-0.2, 0) is 11.3 Å². The Morgan fingerprint density at radius 2 is 2.17 bits per heavy atom. The number of hydrogen-bond donors (Lipinski definition) is 1. The Bertz CT molecular complexity index is 578. The van der Waals surface area contributed by atoms with Crippen LogP contribution in [-0.4, -0.2) is 16.3 Å². The van der Waals surface area contributed by atoms with Gasteiger partial charge in [-0.3, -0.25) is 0 Å². The number of hydrogen-bond acceptors (Lipinski definition) is 6. The van der Waals surface area contributed by atoms with Crippen LogP contribution in [0.15, 0.2) is 22.8 Å². The van der Waals surface area contributed by atoms with Gasteiger partial charge in [0.15, 0.2) is 0 Å². The van der Waals surface area contributed by atoms with Gasteiger partial charge in [-0.15, -0.1) is 0 Å². The number of aromatic nitrogens is 2. The van der Waals surface area contributed by atoms with Gasteiger partial charge in [0.2, 0.25) is 0 Å². The second-order valence-corrected chi connectivity index (χ2v) is 3.95. The van der Waals surface area contributed by atoms with E-state index in [1.54, 1.807) is 25.1 Å². The van der Waals surface area contributed by atoms with E-state index in [4.69, 9.17) is 10.5 Å². The van der Waals surface area contributed by atoms with Crippen LogP contribution < -0.4 is 5.73 Å². The molecule has 0 unspecified atom stereocenters. The maximum Gasteiger partial charge on any atom is 0.338 e. The molecule has 0 spiro atoms. The third-order valence-electron chi connectivity index (χ3n) is 2.57. The van der Waals surface area contributed by atoms with Gasteiger partial charge in [-0.1, -0.05) is 16.4 Å². The van der Waals surface area contributed by atoms with E-state index in [-0.39, 0.29) is 6.61 Å². The van der Waals surface area contributed by atoms with Gasteiger partial charge in [-0.2, -0.15) is 0 Å². The summed E-state index contributed by atoms with van der Waals surface area (Å²) in [5.41, 5.74) is 8.52. The van der Waals surface area contributed by atoms with Crippen molar-refractivity contribution in [2.45, 2.75) is 20.5 Å². The summed E-state index contributed by atoms with van der Waals surface area (Å²) in [6.45, 7) is 3.58. The van der Waals surface area contributed by atoms with Crippen LogP contribution in [0.1, 0.15) is 27.3 Å². The van der Waals surface area contributed by atoms with Crippen LogP contribution in [0.4, 0.5) is 5.69 Å². The Kier molecular flexibility index (Phi) is 3.27. The fourth-order valence-electron chi connectivity index (χ4n) is 1.45. The summed E-state index contributed by atoms with van der Waals surface area (Å²) in [6, 6.07) is 5.10. The van der Waals surface area contributed by atoms with Crippen molar-refractivity contribution in [2.75, 3.05) is 5.73 Å². The first-order valence-corrected chi connectivity index (χ1v) is 5.39. The number of nitrogen functional groups attached to an aromatic ring is 1. The molecule has 1 aromatic heterocycles. The van der Waals surface area contributed by atoms with E-state index in [1.807, 2.05) is 6.92 Å². The largest absolute Gasteiger partial charge is 0.455 e. The summed E-state index contributed by atoms with van der Waals surface area (Å²) < 4.78 is 9.65. The smallest absolute Gasteiger partial charge is 0.338 e. The number of ether oxygens (including phenoxy) is 1. The Hall–Kier alpha value is -2.37. The summed E-state index contributed by atoms with van der Waals surface area (Å²) in [7, 11) is 0. The van der Waals surface area contributed by atoms with Crippen molar-refractivity contribution in [3.8, 4) is 0 Å². The zero-order valence-corrected chi connectivity index (χ0v) is 10.1. The molecule has 1 heterocycles. The molecule has 2 aromatic rings. The molecule has 6 heteroatoms. The lowest BCUT2D eigenvalue weighted by molar-refractivity contribution is 0.0462. The Labute approximate surface area is 104 Å². The lowest BCUT2D eigenvalue weighted by Gasteiger charge is -2.06. The highest BCUT2D eigenvalue weighted by atomic mass is 16.6. The van der Waals surface area contributed by atoms with Crippen molar-refractivity contribution in [3.05, 3.63) is 40.7 Å². The van der Waals surface area contributed by atoms with E-state index in [2.05, 4.69) is 14.9 Å². The molecule has 1 aromatic carbocycles. The van der Waals surface area contributed by atoms with E-state index in [1.165, 1.54) is 0 Å². The van der Waals surface area contributed by atoms with Crippen LogP contribution in [0.25, 0.3) is 0 Å². The lowest BCUT2D eigenvalue weighted by atomic mass is 10.1. The Morgan fingerprint density at radius 1 is 1.39 bits per heavy atom. The lowest BCUT2D eigenvalue weighted by Crippen LogP contribution is -2.08. The van der Waals surface area contributed by atoms with Gasteiger partial charge < -0.3 is 10.5 Å². The number of esters is 1. The fraction of sp³-hybridized carbons (Fsp3) is 0.250. The topological polar surface area (TPSA) is 91.2 Å². The molecule has 0 aliphatic rings. The Balaban J connectivity index is 2.08. The van der Waals surface area contributed by atoms with E-state index in [0.717, 1.165) is 5.56 Å².